The van der Waals surface area contributed by atoms with Gasteiger partial charge in [0.25, 0.3) is 0 Å². The van der Waals surface area contributed by atoms with Crippen LogP contribution in [0, 0.1) is 11.3 Å². The second-order valence-electron chi connectivity index (χ2n) is 8.70. The fourth-order valence-electron chi connectivity index (χ4n) is 4.55. The number of aliphatic hydroxyl groups is 1. The molecule has 0 saturated carbocycles. The zero-order chi connectivity index (χ0) is 21.9. The number of amides is 1. The summed E-state index contributed by atoms with van der Waals surface area (Å²) in [6, 6.07) is 15.0. The summed E-state index contributed by atoms with van der Waals surface area (Å²) >= 11 is 12.2. The molecule has 1 amide bonds. The van der Waals surface area contributed by atoms with Crippen molar-refractivity contribution in [2.75, 3.05) is 0 Å². The number of hydrogen-bond donors (Lipinski definition) is 2. The zero-order valence-corrected chi connectivity index (χ0v) is 19.0. The summed E-state index contributed by atoms with van der Waals surface area (Å²) in [6.45, 7) is 7.91. The van der Waals surface area contributed by atoms with Gasteiger partial charge in [-0.2, -0.15) is 0 Å². The van der Waals surface area contributed by atoms with Gasteiger partial charge in [0.2, 0.25) is 5.91 Å². The van der Waals surface area contributed by atoms with Crippen LogP contribution in [0.4, 0.5) is 0 Å². The van der Waals surface area contributed by atoms with Crippen molar-refractivity contribution >= 4 is 29.1 Å². The van der Waals surface area contributed by atoms with Crippen LogP contribution in [-0.2, 0) is 4.79 Å². The second-order valence-corrected chi connectivity index (χ2v) is 9.57. The van der Waals surface area contributed by atoms with Crippen LogP contribution in [0.2, 0.25) is 10.0 Å². The average molecular weight is 446 g/mol. The Morgan fingerprint density at radius 2 is 1.93 bits per heavy atom. The minimum absolute atomic E-state index is 0.0403. The van der Waals surface area contributed by atoms with E-state index in [1.807, 2.05) is 43.3 Å². The van der Waals surface area contributed by atoms with Gasteiger partial charge in [0.05, 0.1) is 11.5 Å². The van der Waals surface area contributed by atoms with Gasteiger partial charge in [-0.05, 0) is 60.6 Å². The highest BCUT2D eigenvalue weighted by Crippen LogP contribution is 2.44. The molecule has 0 aliphatic carbocycles. The molecule has 5 atom stereocenters. The van der Waals surface area contributed by atoms with E-state index in [-0.39, 0.29) is 23.8 Å². The van der Waals surface area contributed by atoms with Crippen molar-refractivity contribution in [2.24, 2.45) is 11.3 Å². The summed E-state index contributed by atoms with van der Waals surface area (Å²) in [5.74, 6) is 0.189. The summed E-state index contributed by atoms with van der Waals surface area (Å²) in [5.41, 5.74) is 1.42. The Morgan fingerprint density at radius 1 is 1.23 bits per heavy atom. The van der Waals surface area contributed by atoms with Crippen LogP contribution in [0.3, 0.4) is 0 Å². The molecule has 1 heterocycles. The van der Waals surface area contributed by atoms with Crippen molar-refractivity contribution < 1.29 is 9.90 Å². The van der Waals surface area contributed by atoms with E-state index in [0.29, 0.717) is 29.3 Å². The van der Waals surface area contributed by atoms with Gasteiger partial charge in [-0.1, -0.05) is 67.4 Å². The number of aliphatic hydroxyl groups excluding tert-OH is 1. The molecule has 1 fully saturated rings. The quantitative estimate of drug-likeness (QED) is 0.490. The standard InChI is InChI=1S/C25H29Cl2NO2/c1-4-12-25(3)15-21(18-6-5-7-20(27)14-18)23(28-24(25)30)16(2)13-22(29)17-8-10-19(26)11-9-17/h4-11,14,16,21-23,29H,1,12-13,15H2,2-3H3,(H,28,30)/t16?,21-,22+,23+,25+/m1/s1. The fourth-order valence-corrected chi connectivity index (χ4v) is 4.87. The maximum atomic E-state index is 13.0. The number of piperidine rings is 1. The Labute approximate surface area is 189 Å². The van der Waals surface area contributed by atoms with Crippen molar-refractivity contribution in [1.29, 1.82) is 0 Å². The maximum Gasteiger partial charge on any atom is 0.226 e. The molecule has 2 aromatic carbocycles. The predicted molar refractivity (Wildman–Crippen MR) is 124 cm³/mol. The number of benzene rings is 2. The minimum atomic E-state index is -0.629. The van der Waals surface area contributed by atoms with E-state index in [4.69, 9.17) is 23.2 Å². The SMILES string of the molecule is C=CC[C@@]1(C)C[C@H](c2cccc(Cl)c2)[C@H](C(C)C[C@H](O)c2ccc(Cl)cc2)NC1=O. The van der Waals surface area contributed by atoms with Gasteiger partial charge in [-0.3, -0.25) is 4.79 Å². The molecule has 1 aliphatic heterocycles. The molecule has 1 unspecified atom stereocenters. The molecule has 1 saturated heterocycles. The van der Waals surface area contributed by atoms with Crippen molar-refractivity contribution in [3.8, 4) is 0 Å². The number of nitrogens with one attached hydrogen (secondary N) is 1. The first-order valence-corrected chi connectivity index (χ1v) is 11.1. The summed E-state index contributed by atoms with van der Waals surface area (Å²) in [4.78, 5) is 13.0. The first-order valence-electron chi connectivity index (χ1n) is 10.3. The van der Waals surface area contributed by atoms with Gasteiger partial charge in [0.1, 0.15) is 0 Å². The van der Waals surface area contributed by atoms with Crippen LogP contribution in [0.15, 0.2) is 61.2 Å². The van der Waals surface area contributed by atoms with Crippen LogP contribution in [0.25, 0.3) is 0 Å². The van der Waals surface area contributed by atoms with Crippen molar-refractivity contribution in [3.05, 3.63) is 82.4 Å². The molecule has 2 aromatic rings. The largest absolute Gasteiger partial charge is 0.388 e. The molecule has 3 nitrogen and oxygen atoms in total. The van der Waals surface area contributed by atoms with Gasteiger partial charge in [-0.15, -0.1) is 6.58 Å². The van der Waals surface area contributed by atoms with Gasteiger partial charge in [0.15, 0.2) is 0 Å². The van der Waals surface area contributed by atoms with Crippen LogP contribution >= 0.6 is 23.2 Å². The number of halogens is 2. The number of allylic oxidation sites excluding steroid dienone is 1. The highest BCUT2D eigenvalue weighted by atomic mass is 35.5. The first-order chi connectivity index (χ1) is 14.2. The Morgan fingerprint density at radius 3 is 2.57 bits per heavy atom. The van der Waals surface area contributed by atoms with Crippen LogP contribution in [0.1, 0.15) is 56.3 Å². The van der Waals surface area contributed by atoms with E-state index in [0.717, 1.165) is 11.1 Å². The Balaban J connectivity index is 1.86. The monoisotopic (exact) mass is 445 g/mol. The Kier molecular flexibility index (Phi) is 7.28. The lowest BCUT2D eigenvalue weighted by Gasteiger charge is -2.45. The predicted octanol–water partition coefficient (Wildman–Crippen LogP) is 6.31. The normalized spacial score (nSPS) is 26.0. The molecule has 160 valence electrons. The lowest BCUT2D eigenvalue weighted by Crippen LogP contribution is -2.55. The van der Waals surface area contributed by atoms with Crippen molar-refractivity contribution in [1.82, 2.24) is 5.32 Å². The fraction of sp³-hybridized carbons (Fsp3) is 0.400. The van der Waals surface area contributed by atoms with Crippen LogP contribution < -0.4 is 5.32 Å². The van der Waals surface area contributed by atoms with Gasteiger partial charge in [-0.25, -0.2) is 0 Å². The van der Waals surface area contributed by atoms with E-state index < -0.39 is 11.5 Å². The van der Waals surface area contributed by atoms with Crippen molar-refractivity contribution in [2.45, 2.75) is 51.2 Å². The molecule has 0 spiro atoms. The van der Waals surface area contributed by atoms with Gasteiger partial charge >= 0.3 is 0 Å². The van der Waals surface area contributed by atoms with Gasteiger partial charge < -0.3 is 10.4 Å². The van der Waals surface area contributed by atoms with Crippen LogP contribution in [0.5, 0.6) is 0 Å². The number of rotatable bonds is 7. The highest BCUT2D eigenvalue weighted by molar-refractivity contribution is 6.30. The molecule has 5 heteroatoms. The third kappa shape index (κ3) is 5.08. The lowest BCUT2D eigenvalue weighted by atomic mass is 9.67. The number of carbonyl (C=O) groups excluding carboxylic acids is 1. The number of hydrogen-bond acceptors (Lipinski definition) is 2. The molecule has 3 rings (SSSR count). The van der Waals surface area contributed by atoms with E-state index in [9.17, 15) is 9.90 Å². The Hall–Kier alpha value is -1.81. The number of carbonyl (C=O) groups is 1. The molecular weight excluding hydrogens is 417 g/mol. The van der Waals surface area contributed by atoms with E-state index >= 15 is 0 Å². The molecule has 0 radical (unpaired) electrons. The Bertz CT molecular complexity index is 898. The summed E-state index contributed by atoms with van der Waals surface area (Å²) in [6.07, 6.45) is 3.03. The van der Waals surface area contributed by atoms with E-state index in [1.54, 1.807) is 12.1 Å². The minimum Gasteiger partial charge on any atom is -0.388 e. The molecule has 2 N–H and O–H groups in total. The molecule has 30 heavy (non-hydrogen) atoms. The molecular formula is C25H29Cl2NO2. The lowest BCUT2D eigenvalue weighted by molar-refractivity contribution is -0.135. The molecule has 0 aromatic heterocycles. The molecule has 1 aliphatic rings. The third-order valence-corrected chi connectivity index (χ3v) is 6.77. The smallest absolute Gasteiger partial charge is 0.226 e. The second kappa shape index (κ2) is 9.55. The first kappa shape index (κ1) is 22.9. The topological polar surface area (TPSA) is 49.3 Å². The van der Waals surface area contributed by atoms with Crippen molar-refractivity contribution in [3.63, 3.8) is 0 Å². The van der Waals surface area contributed by atoms with Crippen LogP contribution in [-0.4, -0.2) is 17.1 Å². The summed E-state index contributed by atoms with van der Waals surface area (Å²) in [5, 5.41) is 15.4. The average Bonchev–Trinajstić information content (AvgIpc) is 2.70. The summed E-state index contributed by atoms with van der Waals surface area (Å²) < 4.78 is 0. The summed E-state index contributed by atoms with van der Waals surface area (Å²) in [7, 11) is 0. The van der Waals surface area contributed by atoms with E-state index in [1.165, 1.54) is 0 Å². The zero-order valence-electron chi connectivity index (χ0n) is 17.4. The highest BCUT2D eigenvalue weighted by Gasteiger charge is 2.45. The van der Waals surface area contributed by atoms with Gasteiger partial charge in [0, 0.05) is 22.0 Å². The maximum absolute atomic E-state index is 13.0. The molecule has 0 bridgehead atoms. The van der Waals surface area contributed by atoms with E-state index in [2.05, 4.69) is 24.9 Å². The third-order valence-electron chi connectivity index (χ3n) is 6.28.